The van der Waals surface area contributed by atoms with E-state index in [9.17, 15) is 4.79 Å². The number of carbonyl (C=O) groups excluding carboxylic acids is 1. The van der Waals surface area contributed by atoms with E-state index >= 15 is 0 Å². The zero-order valence-corrected chi connectivity index (χ0v) is 19.0. The summed E-state index contributed by atoms with van der Waals surface area (Å²) in [4.78, 5) is 12.1. The van der Waals surface area contributed by atoms with Gasteiger partial charge in [0.2, 0.25) is 0 Å². The van der Waals surface area contributed by atoms with E-state index in [0.717, 1.165) is 51.0 Å². The maximum atomic E-state index is 12.1. The minimum atomic E-state index is -0.269. The summed E-state index contributed by atoms with van der Waals surface area (Å²) >= 11 is 0. The maximum Gasteiger partial charge on any atom is 0.338 e. The van der Waals surface area contributed by atoms with Gasteiger partial charge in [-0.1, -0.05) is 64.7 Å². The fourth-order valence-corrected chi connectivity index (χ4v) is 3.27. The Morgan fingerprint density at radius 2 is 1.40 bits per heavy atom. The molecule has 0 aliphatic rings. The molecule has 0 heterocycles. The number of hydrogen-bond donors (Lipinski definition) is 2. The van der Waals surface area contributed by atoms with Gasteiger partial charge in [-0.2, -0.15) is 0 Å². The highest BCUT2D eigenvalue weighted by Gasteiger charge is 2.07. The lowest BCUT2D eigenvalue weighted by atomic mass is 10.1. The predicted molar refractivity (Wildman–Crippen MR) is 123 cm³/mol. The molecule has 1 rings (SSSR count). The zero-order chi connectivity index (χ0) is 21.7. The molecule has 1 aromatic rings. The van der Waals surface area contributed by atoms with Gasteiger partial charge in [-0.3, -0.25) is 0 Å². The second-order valence-electron chi connectivity index (χ2n) is 7.87. The van der Waals surface area contributed by atoms with E-state index in [1.54, 1.807) is 12.1 Å². The molecular formula is C25H43NO4. The third-order valence-corrected chi connectivity index (χ3v) is 5.13. The lowest BCUT2D eigenvalue weighted by Crippen LogP contribution is -2.19. The highest BCUT2D eigenvalue weighted by molar-refractivity contribution is 5.89. The molecule has 0 unspecified atom stereocenters. The van der Waals surface area contributed by atoms with Crippen LogP contribution >= 0.6 is 0 Å². The van der Waals surface area contributed by atoms with Crippen molar-refractivity contribution in [3.8, 4) is 5.75 Å². The summed E-state index contributed by atoms with van der Waals surface area (Å²) in [7, 11) is 0. The van der Waals surface area contributed by atoms with Crippen LogP contribution in [0.25, 0.3) is 0 Å². The van der Waals surface area contributed by atoms with Gasteiger partial charge in [0, 0.05) is 6.54 Å². The van der Waals surface area contributed by atoms with E-state index in [1.807, 2.05) is 12.1 Å². The summed E-state index contributed by atoms with van der Waals surface area (Å²) < 4.78 is 11.1. The molecule has 0 amide bonds. The molecular weight excluding hydrogens is 378 g/mol. The highest BCUT2D eigenvalue weighted by Crippen LogP contribution is 2.15. The van der Waals surface area contributed by atoms with Crippen LogP contribution in [0.1, 0.15) is 94.3 Å². The molecule has 0 aliphatic carbocycles. The Morgan fingerprint density at radius 3 is 2.07 bits per heavy atom. The number of hydrogen-bond acceptors (Lipinski definition) is 5. The van der Waals surface area contributed by atoms with Gasteiger partial charge in [0.15, 0.2) is 0 Å². The van der Waals surface area contributed by atoms with Crippen molar-refractivity contribution in [2.75, 3.05) is 32.9 Å². The molecule has 0 bridgehead atoms. The number of ether oxygens (including phenoxy) is 2. The quantitative estimate of drug-likeness (QED) is 0.215. The van der Waals surface area contributed by atoms with Crippen LogP contribution in [-0.4, -0.2) is 44.0 Å². The van der Waals surface area contributed by atoms with Gasteiger partial charge in [-0.05, 0) is 50.1 Å². The summed E-state index contributed by atoms with van der Waals surface area (Å²) in [6.45, 7) is 5.20. The first kappa shape index (κ1) is 26.4. The molecule has 5 heteroatoms. The number of nitrogens with one attached hydrogen (secondary N) is 1. The molecule has 2 N–H and O–H groups in total. The summed E-state index contributed by atoms with van der Waals surface area (Å²) in [5.41, 5.74) is 0.572. The SMILES string of the molecule is CCCCCCCCCCOc1ccc(C(=O)OCCCCCCNCCO)cc1. The van der Waals surface area contributed by atoms with Gasteiger partial charge in [0.25, 0.3) is 0 Å². The fourth-order valence-electron chi connectivity index (χ4n) is 3.27. The van der Waals surface area contributed by atoms with Gasteiger partial charge in [-0.15, -0.1) is 0 Å². The van der Waals surface area contributed by atoms with Gasteiger partial charge in [0.05, 0.1) is 25.4 Å². The van der Waals surface area contributed by atoms with Gasteiger partial charge < -0.3 is 19.9 Å². The number of aliphatic hydroxyl groups excluding tert-OH is 1. The summed E-state index contributed by atoms with van der Waals surface area (Å²) in [5.74, 6) is 0.540. The number of unbranched alkanes of at least 4 members (excludes halogenated alkanes) is 10. The molecule has 0 radical (unpaired) electrons. The smallest absolute Gasteiger partial charge is 0.338 e. The Balaban J connectivity index is 2.03. The first-order chi connectivity index (χ1) is 14.8. The third kappa shape index (κ3) is 14.4. The van der Waals surface area contributed by atoms with Crippen LogP contribution in [0.2, 0.25) is 0 Å². The van der Waals surface area contributed by atoms with Crippen LogP contribution in [0.5, 0.6) is 5.75 Å². The van der Waals surface area contributed by atoms with Crippen molar-refractivity contribution in [3.63, 3.8) is 0 Å². The van der Waals surface area contributed by atoms with Crippen molar-refractivity contribution in [2.45, 2.75) is 84.0 Å². The standard InChI is InChI=1S/C25H43NO4/c1-2-3-4-5-6-7-9-12-21-29-24-16-14-23(15-17-24)25(28)30-22-13-10-8-11-18-26-19-20-27/h14-17,26-27H,2-13,18-22H2,1H3. The molecule has 0 saturated heterocycles. The molecule has 0 fully saturated rings. The molecule has 0 saturated carbocycles. The van der Waals surface area contributed by atoms with E-state index in [0.29, 0.717) is 18.7 Å². The van der Waals surface area contributed by atoms with Gasteiger partial charge >= 0.3 is 5.97 Å². The number of esters is 1. The first-order valence-electron chi connectivity index (χ1n) is 12.0. The number of rotatable bonds is 20. The molecule has 172 valence electrons. The van der Waals surface area contributed by atoms with E-state index in [4.69, 9.17) is 14.6 Å². The van der Waals surface area contributed by atoms with Gasteiger partial charge in [-0.25, -0.2) is 4.79 Å². The zero-order valence-electron chi connectivity index (χ0n) is 19.0. The van der Waals surface area contributed by atoms with Crippen LogP contribution in [-0.2, 0) is 4.74 Å². The summed E-state index contributed by atoms with van der Waals surface area (Å²) in [5, 5.41) is 11.8. The first-order valence-corrected chi connectivity index (χ1v) is 12.0. The number of carbonyl (C=O) groups is 1. The van der Waals surface area contributed by atoms with Gasteiger partial charge in [0.1, 0.15) is 5.75 Å². The Morgan fingerprint density at radius 1 is 0.800 bits per heavy atom. The average molecular weight is 422 g/mol. The second-order valence-corrected chi connectivity index (χ2v) is 7.87. The minimum absolute atomic E-state index is 0.183. The largest absolute Gasteiger partial charge is 0.494 e. The van der Waals surface area contributed by atoms with Crippen LogP contribution in [0.15, 0.2) is 24.3 Å². The summed E-state index contributed by atoms with van der Waals surface area (Å²) in [6, 6.07) is 7.25. The lowest BCUT2D eigenvalue weighted by Gasteiger charge is -2.08. The van der Waals surface area contributed by atoms with Crippen molar-refractivity contribution in [1.82, 2.24) is 5.32 Å². The van der Waals surface area contributed by atoms with E-state index in [-0.39, 0.29) is 12.6 Å². The van der Waals surface area contributed by atoms with Crippen LogP contribution in [0, 0.1) is 0 Å². The second kappa shape index (κ2) is 19.4. The number of benzene rings is 1. The Hall–Kier alpha value is -1.59. The van der Waals surface area contributed by atoms with Crippen molar-refractivity contribution in [2.24, 2.45) is 0 Å². The Kier molecular flexibility index (Phi) is 17.1. The maximum absolute atomic E-state index is 12.1. The molecule has 0 atom stereocenters. The van der Waals surface area contributed by atoms with E-state index in [2.05, 4.69) is 12.2 Å². The molecule has 1 aromatic carbocycles. The van der Waals surface area contributed by atoms with Crippen molar-refractivity contribution in [1.29, 1.82) is 0 Å². The Labute approximate surface area is 183 Å². The molecule has 5 nitrogen and oxygen atoms in total. The monoisotopic (exact) mass is 421 g/mol. The molecule has 0 aromatic heterocycles. The van der Waals surface area contributed by atoms with Crippen molar-refractivity contribution >= 4 is 5.97 Å². The van der Waals surface area contributed by atoms with Crippen LogP contribution in [0.4, 0.5) is 0 Å². The van der Waals surface area contributed by atoms with Crippen LogP contribution < -0.4 is 10.1 Å². The van der Waals surface area contributed by atoms with Crippen LogP contribution in [0.3, 0.4) is 0 Å². The third-order valence-electron chi connectivity index (χ3n) is 5.13. The number of aliphatic hydroxyl groups is 1. The normalized spacial score (nSPS) is 10.9. The van der Waals surface area contributed by atoms with Crippen molar-refractivity contribution < 1.29 is 19.4 Å². The predicted octanol–water partition coefficient (Wildman–Crippen LogP) is 5.51. The molecule has 0 aliphatic heterocycles. The minimum Gasteiger partial charge on any atom is -0.494 e. The molecule has 0 spiro atoms. The topological polar surface area (TPSA) is 67.8 Å². The lowest BCUT2D eigenvalue weighted by molar-refractivity contribution is 0.0497. The Bertz CT molecular complexity index is 518. The van der Waals surface area contributed by atoms with E-state index in [1.165, 1.54) is 44.9 Å². The average Bonchev–Trinajstić information content (AvgIpc) is 2.77. The van der Waals surface area contributed by atoms with E-state index < -0.39 is 0 Å². The highest BCUT2D eigenvalue weighted by atomic mass is 16.5. The molecule has 30 heavy (non-hydrogen) atoms. The fraction of sp³-hybridized carbons (Fsp3) is 0.720. The summed E-state index contributed by atoms with van der Waals surface area (Å²) in [6.07, 6.45) is 14.4. The van der Waals surface area contributed by atoms with Crippen molar-refractivity contribution in [3.05, 3.63) is 29.8 Å².